The van der Waals surface area contributed by atoms with Gasteiger partial charge in [0, 0.05) is 0 Å². The molecule has 1 heterocycles. The van der Waals surface area contributed by atoms with E-state index in [9.17, 15) is 0 Å². The molecule has 0 aromatic carbocycles. The molecule has 1 unspecified atom stereocenters. The zero-order valence-corrected chi connectivity index (χ0v) is 4.83. The minimum Gasteiger partial charge on any atom is -0.119 e. The maximum Gasteiger partial charge on any atom is -0.00335 e. The summed E-state index contributed by atoms with van der Waals surface area (Å²) in [6.07, 6.45) is 2.80. The van der Waals surface area contributed by atoms with E-state index in [0.29, 0.717) is 0 Å². The van der Waals surface area contributed by atoms with E-state index < -0.39 is 0 Å². The molecule has 0 radical (unpaired) electrons. The Balaban J connectivity index is 2.64. The molecule has 0 aromatic heterocycles. The molecule has 1 atom stereocenters. The predicted octanol–water partition coefficient (Wildman–Crippen LogP) is 1.73. The molecule has 2 heteroatoms. The largest absolute Gasteiger partial charge is 0.119 e. The third-order valence-electron chi connectivity index (χ3n) is 0.568. The van der Waals surface area contributed by atoms with Crippen molar-refractivity contribution in [3.05, 3.63) is 0 Å². The quantitative estimate of drug-likeness (QED) is 0.410. The first-order valence-corrected chi connectivity index (χ1v) is 4.74. The van der Waals surface area contributed by atoms with Crippen LogP contribution < -0.4 is 0 Å². The zero-order valence-electron chi connectivity index (χ0n) is 2.94. The lowest BCUT2D eigenvalue weighted by atomic mass is 10.6. The molecule has 0 nitrogen and oxygen atoms in total. The van der Waals surface area contributed by atoms with Gasteiger partial charge in [-0.05, 0) is 12.6 Å². The second-order valence-corrected chi connectivity index (χ2v) is 4.16. The SMILES string of the molecule is C1=[PH]=PCC1. The lowest BCUT2D eigenvalue weighted by Gasteiger charge is -1.65. The van der Waals surface area contributed by atoms with E-state index in [0.717, 1.165) is 7.49 Å². The van der Waals surface area contributed by atoms with Crippen molar-refractivity contribution in [2.24, 2.45) is 0 Å². The molecule has 1 aliphatic rings. The first kappa shape index (κ1) is 3.65. The van der Waals surface area contributed by atoms with Crippen LogP contribution in [0.5, 0.6) is 0 Å². The van der Waals surface area contributed by atoms with Gasteiger partial charge in [-0.25, -0.2) is 0 Å². The van der Waals surface area contributed by atoms with Gasteiger partial charge < -0.3 is 0 Å². The normalized spacial score (nSPS) is 25.6. The molecule has 0 saturated carbocycles. The fourth-order valence-electron chi connectivity index (χ4n) is 0.323. The first-order valence-electron chi connectivity index (χ1n) is 1.74. The summed E-state index contributed by atoms with van der Waals surface area (Å²) in [4.78, 5) is 0. The van der Waals surface area contributed by atoms with Crippen LogP contribution in [-0.2, 0) is 0 Å². The van der Waals surface area contributed by atoms with Crippen LogP contribution in [0.15, 0.2) is 0 Å². The van der Waals surface area contributed by atoms with Crippen LogP contribution in [0.1, 0.15) is 6.42 Å². The molecule has 0 aromatic rings. The molecule has 0 N–H and O–H groups in total. The molecule has 0 amide bonds. The summed E-state index contributed by atoms with van der Waals surface area (Å²) in [5.41, 5.74) is 0. The average Bonchev–Trinajstić information content (AvgIpc) is 1.76. The third-order valence-corrected chi connectivity index (χ3v) is 3.47. The third kappa shape index (κ3) is 0.911. The van der Waals surface area contributed by atoms with Gasteiger partial charge in [-0.15, -0.1) is 7.49 Å². The maximum absolute atomic E-state index is 2.38. The smallest absolute Gasteiger partial charge is 0.00335 e. The second-order valence-electron chi connectivity index (χ2n) is 1.00. The van der Waals surface area contributed by atoms with Gasteiger partial charge in [0.2, 0.25) is 0 Å². The minimum atomic E-state index is 1.16. The molecule has 0 spiro atoms. The van der Waals surface area contributed by atoms with Crippen molar-refractivity contribution in [3.63, 3.8) is 0 Å². The molecular formula is C3H6P2. The summed E-state index contributed by atoms with van der Waals surface area (Å²) >= 11 is 0. The number of hydrogen-bond donors (Lipinski definition) is 0. The van der Waals surface area contributed by atoms with Gasteiger partial charge in [0.25, 0.3) is 0 Å². The molecule has 0 bridgehead atoms. The summed E-state index contributed by atoms with van der Waals surface area (Å²) in [5, 5.41) is 0. The van der Waals surface area contributed by atoms with E-state index in [4.69, 9.17) is 0 Å². The van der Waals surface area contributed by atoms with Crippen molar-refractivity contribution in [2.75, 3.05) is 6.16 Å². The van der Waals surface area contributed by atoms with Crippen LogP contribution in [0, 0.1) is 0 Å². The number of hydrogen-bond acceptors (Lipinski definition) is 0. The molecular weight excluding hydrogens is 98.0 g/mol. The molecule has 0 fully saturated rings. The standard InChI is InChI=1S/C3H6P2/c1-2-4-5-3-1/h2,4H,1,3H2. The number of rotatable bonds is 0. The van der Waals surface area contributed by atoms with E-state index in [2.05, 4.69) is 5.80 Å². The predicted molar refractivity (Wildman–Crippen MR) is 30.8 cm³/mol. The van der Waals surface area contributed by atoms with Crippen LogP contribution in [0.2, 0.25) is 0 Å². The topological polar surface area (TPSA) is 0 Å². The van der Waals surface area contributed by atoms with Gasteiger partial charge in [0.15, 0.2) is 0 Å². The molecule has 5 heavy (non-hydrogen) atoms. The minimum absolute atomic E-state index is 1.16. The van der Waals surface area contributed by atoms with Crippen LogP contribution in [0.4, 0.5) is 0 Å². The summed E-state index contributed by atoms with van der Waals surface area (Å²) < 4.78 is 0. The Morgan fingerprint density at radius 2 is 2.80 bits per heavy atom. The highest BCUT2D eigenvalue weighted by atomic mass is 31.7. The van der Waals surface area contributed by atoms with Gasteiger partial charge in [0.05, 0.1) is 0 Å². The molecule has 1 rings (SSSR count). The lowest BCUT2D eigenvalue weighted by Crippen LogP contribution is -1.62. The van der Waals surface area contributed by atoms with Crippen LogP contribution in [0.3, 0.4) is 0 Å². The van der Waals surface area contributed by atoms with Crippen molar-refractivity contribution in [2.45, 2.75) is 6.42 Å². The zero-order chi connectivity index (χ0) is 3.54. The summed E-state index contributed by atoms with van der Waals surface area (Å²) in [6.45, 7) is 0. The van der Waals surface area contributed by atoms with Crippen LogP contribution >= 0.6 is 15.4 Å². The van der Waals surface area contributed by atoms with Crippen molar-refractivity contribution in [1.29, 1.82) is 0 Å². The van der Waals surface area contributed by atoms with E-state index >= 15 is 0 Å². The Morgan fingerprint density at radius 3 is 3.00 bits per heavy atom. The van der Waals surface area contributed by atoms with Gasteiger partial charge >= 0.3 is 0 Å². The van der Waals surface area contributed by atoms with Crippen molar-refractivity contribution < 1.29 is 0 Å². The van der Waals surface area contributed by atoms with Gasteiger partial charge in [-0.2, -0.15) is 0 Å². The average molecular weight is 104 g/mol. The Kier molecular flexibility index (Phi) is 1.31. The highest BCUT2D eigenvalue weighted by Gasteiger charge is 1.76. The summed E-state index contributed by atoms with van der Waals surface area (Å²) in [7, 11) is 2.82. The van der Waals surface area contributed by atoms with Crippen molar-refractivity contribution in [1.82, 2.24) is 0 Å². The molecule has 0 aliphatic carbocycles. The van der Waals surface area contributed by atoms with Gasteiger partial charge in [0.1, 0.15) is 0 Å². The van der Waals surface area contributed by atoms with Crippen LogP contribution in [-0.4, -0.2) is 12.0 Å². The van der Waals surface area contributed by atoms with Crippen molar-refractivity contribution in [3.8, 4) is 0 Å². The first-order chi connectivity index (χ1) is 2.50. The summed E-state index contributed by atoms with van der Waals surface area (Å²) in [5.74, 6) is 2.38. The van der Waals surface area contributed by atoms with E-state index in [1.165, 1.54) is 12.6 Å². The Morgan fingerprint density at radius 1 is 1.80 bits per heavy atom. The second kappa shape index (κ2) is 1.80. The fraction of sp³-hybridized carbons (Fsp3) is 0.667. The Labute approximate surface area is 34.6 Å². The van der Waals surface area contributed by atoms with E-state index in [1.54, 1.807) is 7.87 Å². The van der Waals surface area contributed by atoms with E-state index in [-0.39, 0.29) is 0 Å². The summed E-state index contributed by atoms with van der Waals surface area (Å²) in [6, 6.07) is 0. The van der Waals surface area contributed by atoms with Gasteiger partial charge in [-0.1, -0.05) is 13.7 Å². The molecule has 0 saturated heterocycles. The highest BCUT2D eigenvalue weighted by molar-refractivity contribution is 7.84. The van der Waals surface area contributed by atoms with Crippen LogP contribution in [0.25, 0.3) is 0 Å². The van der Waals surface area contributed by atoms with E-state index in [1.807, 2.05) is 0 Å². The highest BCUT2D eigenvalue weighted by Crippen LogP contribution is 2.13. The molecule has 28 valence electrons. The lowest BCUT2D eigenvalue weighted by molar-refractivity contribution is 1.38. The fourth-order valence-corrected chi connectivity index (χ4v) is 2.90. The Hall–Kier alpha value is 0.470. The Bertz CT molecular complexity index is 70.9. The maximum atomic E-state index is 2.38. The van der Waals surface area contributed by atoms with Gasteiger partial charge in [-0.3, -0.25) is 0 Å². The van der Waals surface area contributed by atoms with Crippen molar-refractivity contribution >= 4 is 21.2 Å². The molecule has 1 aliphatic heterocycles. The monoisotopic (exact) mass is 104 g/mol.